The van der Waals surface area contributed by atoms with E-state index in [2.05, 4.69) is 30.2 Å². The van der Waals surface area contributed by atoms with Gasteiger partial charge in [0.2, 0.25) is 0 Å². The number of ether oxygens (including phenoxy) is 1. The monoisotopic (exact) mass is 240 g/mol. The Bertz CT molecular complexity index is 261. The van der Waals surface area contributed by atoms with Crippen LogP contribution >= 0.6 is 0 Å². The molecule has 0 aromatic heterocycles. The first kappa shape index (κ1) is 14.4. The fourth-order valence-corrected chi connectivity index (χ4v) is 2.32. The van der Waals surface area contributed by atoms with Crippen molar-refractivity contribution in [2.75, 3.05) is 19.7 Å². The summed E-state index contributed by atoms with van der Waals surface area (Å²) in [7, 11) is 0. The SMILES string of the molecule is C/C=C\C(=NCC)C(OCC)C1CCCCN1.[HH]. The normalized spacial score (nSPS) is 24.2. The number of rotatable bonds is 6. The number of piperidine rings is 1. The molecule has 1 N–H and O–H groups in total. The van der Waals surface area contributed by atoms with E-state index in [0.717, 1.165) is 25.4 Å². The standard InChI is InChI=1S/C14H26N2O.H2/c1-4-9-12(15-5-2)14(17-6-3)13-10-7-8-11-16-13;/h4,9,13-14,16H,5-8,10-11H2,1-3H3;1H/b9-4-,15-12?;. The van der Waals surface area contributed by atoms with Crippen molar-refractivity contribution >= 4 is 5.71 Å². The van der Waals surface area contributed by atoms with Gasteiger partial charge in [0.15, 0.2) is 0 Å². The molecule has 1 aliphatic heterocycles. The Morgan fingerprint density at radius 3 is 2.88 bits per heavy atom. The first-order valence-corrected chi connectivity index (χ1v) is 6.85. The van der Waals surface area contributed by atoms with Crippen molar-refractivity contribution in [3.8, 4) is 0 Å². The Morgan fingerprint density at radius 1 is 1.53 bits per heavy atom. The molecular weight excluding hydrogens is 212 g/mol. The van der Waals surface area contributed by atoms with Crippen molar-refractivity contribution < 1.29 is 6.16 Å². The Hall–Kier alpha value is -0.670. The zero-order valence-electron chi connectivity index (χ0n) is 11.4. The Labute approximate surface area is 107 Å². The molecule has 1 fully saturated rings. The molecule has 0 spiro atoms. The van der Waals surface area contributed by atoms with Gasteiger partial charge in [-0.15, -0.1) is 0 Å². The smallest absolute Gasteiger partial charge is 0.114 e. The molecule has 0 saturated carbocycles. The van der Waals surface area contributed by atoms with E-state index in [4.69, 9.17) is 4.74 Å². The molecule has 0 radical (unpaired) electrons. The maximum atomic E-state index is 5.90. The van der Waals surface area contributed by atoms with Crippen LogP contribution < -0.4 is 5.32 Å². The van der Waals surface area contributed by atoms with E-state index in [1.54, 1.807) is 0 Å². The molecule has 1 rings (SSSR count). The van der Waals surface area contributed by atoms with Crippen LogP contribution in [0.3, 0.4) is 0 Å². The number of nitrogens with one attached hydrogen (secondary N) is 1. The van der Waals surface area contributed by atoms with Crippen molar-refractivity contribution in [2.45, 2.75) is 52.2 Å². The predicted molar refractivity (Wildman–Crippen MR) is 76.0 cm³/mol. The molecule has 1 aliphatic rings. The molecule has 0 aliphatic carbocycles. The highest BCUT2D eigenvalue weighted by Crippen LogP contribution is 2.15. The summed E-state index contributed by atoms with van der Waals surface area (Å²) in [5.41, 5.74) is 1.08. The quantitative estimate of drug-likeness (QED) is 0.724. The van der Waals surface area contributed by atoms with Crippen molar-refractivity contribution in [3.63, 3.8) is 0 Å². The lowest BCUT2D eigenvalue weighted by atomic mass is 9.96. The molecular formula is C14H28N2O. The van der Waals surface area contributed by atoms with E-state index >= 15 is 0 Å². The third kappa shape index (κ3) is 4.60. The molecule has 0 amide bonds. The van der Waals surface area contributed by atoms with Crippen LogP contribution in [0.15, 0.2) is 17.1 Å². The Kier molecular flexibility index (Phi) is 7.13. The second-order valence-corrected chi connectivity index (χ2v) is 4.33. The van der Waals surface area contributed by atoms with Gasteiger partial charge in [-0.1, -0.05) is 12.5 Å². The van der Waals surface area contributed by atoms with Crippen molar-refractivity contribution in [1.29, 1.82) is 0 Å². The minimum Gasteiger partial charge on any atom is -0.371 e. The van der Waals surface area contributed by atoms with Gasteiger partial charge in [0.05, 0.1) is 5.71 Å². The van der Waals surface area contributed by atoms with Crippen LogP contribution in [0.4, 0.5) is 0 Å². The summed E-state index contributed by atoms with van der Waals surface area (Å²) in [5.74, 6) is 0. The van der Waals surface area contributed by atoms with Crippen molar-refractivity contribution in [2.24, 2.45) is 4.99 Å². The van der Waals surface area contributed by atoms with Gasteiger partial charge in [0, 0.05) is 20.6 Å². The van der Waals surface area contributed by atoms with Crippen LogP contribution in [0.2, 0.25) is 0 Å². The molecule has 17 heavy (non-hydrogen) atoms. The molecule has 100 valence electrons. The lowest BCUT2D eigenvalue weighted by molar-refractivity contribution is 0.0730. The number of allylic oxidation sites excluding steroid dienone is 1. The van der Waals surface area contributed by atoms with Crippen LogP contribution in [0.25, 0.3) is 0 Å². The van der Waals surface area contributed by atoms with Gasteiger partial charge in [-0.05, 0) is 46.2 Å². The maximum absolute atomic E-state index is 5.90. The van der Waals surface area contributed by atoms with Gasteiger partial charge in [0.1, 0.15) is 6.10 Å². The third-order valence-corrected chi connectivity index (χ3v) is 3.03. The second-order valence-electron chi connectivity index (χ2n) is 4.33. The number of hydrogen-bond donors (Lipinski definition) is 1. The lowest BCUT2D eigenvalue weighted by Gasteiger charge is -2.31. The predicted octanol–water partition coefficient (Wildman–Crippen LogP) is 2.82. The van der Waals surface area contributed by atoms with E-state index in [9.17, 15) is 0 Å². The molecule has 2 atom stereocenters. The Balaban J connectivity index is 0.00000289. The van der Waals surface area contributed by atoms with E-state index in [1.165, 1.54) is 19.3 Å². The molecule has 1 heterocycles. The van der Waals surface area contributed by atoms with Gasteiger partial charge in [-0.25, -0.2) is 0 Å². The van der Waals surface area contributed by atoms with Gasteiger partial charge in [0.25, 0.3) is 0 Å². The molecule has 3 heteroatoms. The molecule has 0 aromatic carbocycles. The van der Waals surface area contributed by atoms with Crippen molar-refractivity contribution in [1.82, 2.24) is 5.32 Å². The fourth-order valence-electron chi connectivity index (χ4n) is 2.32. The summed E-state index contributed by atoms with van der Waals surface area (Å²) in [4.78, 5) is 4.57. The summed E-state index contributed by atoms with van der Waals surface area (Å²) < 4.78 is 5.90. The zero-order chi connectivity index (χ0) is 12.5. The largest absolute Gasteiger partial charge is 0.371 e. The fraction of sp³-hybridized carbons (Fsp3) is 0.786. The summed E-state index contributed by atoms with van der Waals surface area (Å²) in [6.07, 6.45) is 7.99. The molecule has 0 bridgehead atoms. The van der Waals surface area contributed by atoms with Gasteiger partial charge in [-0.3, -0.25) is 4.99 Å². The summed E-state index contributed by atoms with van der Waals surface area (Å²) in [6.45, 7) is 8.81. The highest BCUT2D eigenvalue weighted by Gasteiger charge is 2.26. The summed E-state index contributed by atoms with van der Waals surface area (Å²) in [5, 5.41) is 3.56. The van der Waals surface area contributed by atoms with Crippen LogP contribution in [0.5, 0.6) is 0 Å². The number of aliphatic imine (C=N–C) groups is 1. The van der Waals surface area contributed by atoms with E-state index in [1.807, 2.05) is 13.0 Å². The Morgan fingerprint density at radius 2 is 2.35 bits per heavy atom. The van der Waals surface area contributed by atoms with Crippen LogP contribution in [0.1, 0.15) is 41.5 Å². The van der Waals surface area contributed by atoms with Gasteiger partial charge in [-0.2, -0.15) is 0 Å². The number of hydrogen-bond acceptors (Lipinski definition) is 3. The van der Waals surface area contributed by atoms with E-state index in [-0.39, 0.29) is 7.53 Å². The molecule has 0 aromatic rings. The first-order chi connectivity index (χ1) is 8.33. The summed E-state index contributed by atoms with van der Waals surface area (Å²) >= 11 is 0. The molecule has 3 nitrogen and oxygen atoms in total. The van der Waals surface area contributed by atoms with Crippen LogP contribution in [-0.2, 0) is 4.74 Å². The first-order valence-electron chi connectivity index (χ1n) is 6.85. The average Bonchev–Trinajstić information content (AvgIpc) is 2.37. The third-order valence-electron chi connectivity index (χ3n) is 3.03. The lowest BCUT2D eigenvalue weighted by Crippen LogP contribution is -2.48. The molecule has 1 saturated heterocycles. The topological polar surface area (TPSA) is 33.6 Å². The van der Waals surface area contributed by atoms with E-state index in [0.29, 0.717) is 6.04 Å². The average molecular weight is 240 g/mol. The second kappa shape index (κ2) is 8.43. The van der Waals surface area contributed by atoms with E-state index < -0.39 is 0 Å². The van der Waals surface area contributed by atoms with Crippen molar-refractivity contribution in [3.05, 3.63) is 12.2 Å². The zero-order valence-corrected chi connectivity index (χ0v) is 11.4. The number of nitrogens with zero attached hydrogens (tertiary/aromatic N) is 1. The van der Waals surface area contributed by atoms with Gasteiger partial charge < -0.3 is 10.1 Å². The van der Waals surface area contributed by atoms with Gasteiger partial charge >= 0.3 is 0 Å². The maximum Gasteiger partial charge on any atom is 0.114 e. The van der Waals surface area contributed by atoms with Crippen LogP contribution in [0, 0.1) is 0 Å². The minimum absolute atomic E-state index is 0. The molecule has 2 unspecified atom stereocenters. The highest BCUT2D eigenvalue weighted by atomic mass is 16.5. The summed E-state index contributed by atoms with van der Waals surface area (Å²) in [6, 6.07) is 0.421. The minimum atomic E-state index is 0. The van der Waals surface area contributed by atoms with Crippen LogP contribution in [-0.4, -0.2) is 37.6 Å². The highest BCUT2D eigenvalue weighted by molar-refractivity contribution is 5.99.